The summed E-state index contributed by atoms with van der Waals surface area (Å²) in [5, 5.41) is 12.3. The van der Waals surface area contributed by atoms with E-state index in [0.717, 1.165) is 18.4 Å². The van der Waals surface area contributed by atoms with Gasteiger partial charge in [-0.15, -0.1) is 0 Å². The molecule has 4 nitrogen and oxygen atoms in total. The quantitative estimate of drug-likeness (QED) is 0.812. The molecule has 0 heterocycles. The largest absolute Gasteiger partial charge is 0.480 e. The first-order valence-electron chi connectivity index (χ1n) is 6.74. The Balaban J connectivity index is 2.70. The molecule has 1 aromatic carbocycles. The zero-order valence-electron chi connectivity index (χ0n) is 11.7. The van der Waals surface area contributed by atoms with Crippen LogP contribution < -0.4 is 5.32 Å². The van der Waals surface area contributed by atoms with Gasteiger partial charge in [-0.3, -0.25) is 4.79 Å². The van der Waals surface area contributed by atoms with E-state index in [9.17, 15) is 9.59 Å². The van der Waals surface area contributed by atoms with Gasteiger partial charge in [0.15, 0.2) is 0 Å². The van der Waals surface area contributed by atoms with Gasteiger partial charge < -0.3 is 10.4 Å². The van der Waals surface area contributed by atoms with Crippen LogP contribution in [-0.2, 0) is 9.59 Å². The maximum Gasteiger partial charge on any atom is 0.326 e. The van der Waals surface area contributed by atoms with Crippen molar-refractivity contribution in [2.24, 2.45) is 0 Å². The first kappa shape index (κ1) is 16.5. The van der Waals surface area contributed by atoms with Crippen LogP contribution in [0.2, 0.25) is 5.02 Å². The van der Waals surface area contributed by atoms with Crippen molar-refractivity contribution in [3.8, 4) is 0 Å². The highest BCUT2D eigenvalue weighted by Crippen LogP contribution is 2.19. The molecular formula is C15H20ClNO3. The Morgan fingerprint density at radius 1 is 1.40 bits per heavy atom. The predicted octanol–water partition coefficient (Wildman–Crippen LogP) is 3.20. The number of aliphatic carboxylic acids is 1. The van der Waals surface area contributed by atoms with Gasteiger partial charge in [-0.05, 0) is 31.0 Å². The normalized spacial score (nSPS) is 13.6. The van der Waals surface area contributed by atoms with Crippen molar-refractivity contribution in [2.75, 3.05) is 0 Å². The first-order valence-corrected chi connectivity index (χ1v) is 7.12. The summed E-state index contributed by atoms with van der Waals surface area (Å²) in [5.41, 5.74) is 0.773. The molecule has 5 heteroatoms. The lowest BCUT2D eigenvalue weighted by molar-refractivity contribution is -0.142. The maximum absolute atomic E-state index is 12.1. The summed E-state index contributed by atoms with van der Waals surface area (Å²) in [6.07, 6.45) is 2.10. The molecule has 20 heavy (non-hydrogen) atoms. The molecule has 0 saturated carbocycles. The number of hydrogen-bond acceptors (Lipinski definition) is 2. The smallest absolute Gasteiger partial charge is 0.326 e. The van der Waals surface area contributed by atoms with Gasteiger partial charge in [0.25, 0.3) is 0 Å². The predicted molar refractivity (Wildman–Crippen MR) is 79.0 cm³/mol. The Hall–Kier alpha value is -1.55. The second kappa shape index (κ2) is 7.90. The van der Waals surface area contributed by atoms with Crippen molar-refractivity contribution in [1.29, 1.82) is 0 Å². The highest BCUT2D eigenvalue weighted by molar-refractivity contribution is 6.30. The van der Waals surface area contributed by atoms with Crippen molar-refractivity contribution < 1.29 is 14.7 Å². The lowest BCUT2D eigenvalue weighted by Crippen LogP contribution is -2.42. The van der Waals surface area contributed by atoms with Gasteiger partial charge >= 0.3 is 5.97 Å². The third-order valence-electron chi connectivity index (χ3n) is 3.20. The van der Waals surface area contributed by atoms with Gasteiger partial charge in [-0.1, -0.05) is 43.5 Å². The molecule has 0 aromatic heterocycles. The van der Waals surface area contributed by atoms with Crippen molar-refractivity contribution in [3.05, 3.63) is 34.9 Å². The van der Waals surface area contributed by atoms with Crippen LogP contribution in [-0.4, -0.2) is 23.0 Å². The molecule has 0 aliphatic heterocycles. The van der Waals surface area contributed by atoms with Crippen molar-refractivity contribution in [1.82, 2.24) is 5.32 Å². The molecule has 1 rings (SSSR count). The lowest BCUT2D eigenvalue weighted by Gasteiger charge is -2.18. The molecule has 1 amide bonds. The van der Waals surface area contributed by atoms with E-state index in [1.165, 1.54) is 0 Å². The second-order valence-corrected chi connectivity index (χ2v) is 5.25. The standard InChI is InChI=1S/C15H20ClNO3/c1-3-4-8-13(15(19)20)17-14(18)10(2)11-6-5-7-12(16)9-11/h5-7,9-10,13H,3-4,8H2,1-2H3,(H,17,18)(H,19,20). The van der Waals surface area contributed by atoms with Crippen LogP contribution in [0.4, 0.5) is 0 Å². The minimum atomic E-state index is -0.995. The Labute approximate surface area is 124 Å². The summed E-state index contributed by atoms with van der Waals surface area (Å²) < 4.78 is 0. The number of halogens is 1. The van der Waals surface area contributed by atoms with Crippen LogP contribution >= 0.6 is 11.6 Å². The lowest BCUT2D eigenvalue weighted by atomic mass is 9.99. The van der Waals surface area contributed by atoms with Gasteiger partial charge in [-0.25, -0.2) is 4.79 Å². The number of unbranched alkanes of at least 4 members (excludes halogenated alkanes) is 1. The number of rotatable bonds is 7. The summed E-state index contributed by atoms with van der Waals surface area (Å²) in [5.74, 6) is -1.72. The topological polar surface area (TPSA) is 66.4 Å². The van der Waals surface area contributed by atoms with E-state index in [1.807, 2.05) is 6.92 Å². The van der Waals surface area contributed by atoms with Crippen LogP contribution in [0, 0.1) is 0 Å². The van der Waals surface area contributed by atoms with Crippen LogP contribution in [0.25, 0.3) is 0 Å². The second-order valence-electron chi connectivity index (χ2n) is 4.82. The SMILES string of the molecule is CCCCC(NC(=O)C(C)c1cccc(Cl)c1)C(=O)O. The zero-order valence-corrected chi connectivity index (χ0v) is 12.5. The summed E-state index contributed by atoms with van der Waals surface area (Å²) in [4.78, 5) is 23.2. The number of carbonyl (C=O) groups is 2. The molecule has 0 aliphatic rings. The number of nitrogens with one attached hydrogen (secondary N) is 1. The van der Waals surface area contributed by atoms with E-state index in [4.69, 9.17) is 16.7 Å². The number of carboxylic acid groups (broad SMARTS) is 1. The Morgan fingerprint density at radius 2 is 2.10 bits per heavy atom. The van der Waals surface area contributed by atoms with Gasteiger partial charge in [0, 0.05) is 5.02 Å². The molecule has 2 N–H and O–H groups in total. The molecule has 0 spiro atoms. The van der Waals surface area contributed by atoms with Gasteiger partial charge in [0.05, 0.1) is 5.92 Å². The molecule has 0 aliphatic carbocycles. The van der Waals surface area contributed by atoms with Crippen molar-refractivity contribution >= 4 is 23.5 Å². The van der Waals surface area contributed by atoms with Crippen LogP contribution in [0.5, 0.6) is 0 Å². The minimum Gasteiger partial charge on any atom is -0.480 e. The van der Waals surface area contributed by atoms with Gasteiger partial charge in [-0.2, -0.15) is 0 Å². The third kappa shape index (κ3) is 4.85. The monoisotopic (exact) mass is 297 g/mol. The summed E-state index contributed by atoms with van der Waals surface area (Å²) >= 11 is 5.89. The highest BCUT2D eigenvalue weighted by Gasteiger charge is 2.23. The first-order chi connectivity index (χ1) is 9.45. The molecule has 0 fully saturated rings. The van der Waals surface area contributed by atoms with E-state index in [1.54, 1.807) is 31.2 Å². The average Bonchev–Trinajstić information content (AvgIpc) is 2.42. The molecule has 0 bridgehead atoms. The number of carboxylic acids is 1. The fourth-order valence-electron chi connectivity index (χ4n) is 1.89. The number of benzene rings is 1. The molecule has 1 aromatic rings. The number of amides is 1. The molecule has 0 radical (unpaired) electrons. The number of carbonyl (C=O) groups excluding carboxylic acids is 1. The van der Waals surface area contributed by atoms with Crippen molar-refractivity contribution in [3.63, 3.8) is 0 Å². The van der Waals surface area contributed by atoms with E-state index < -0.39 is 17.9 Å². The average molecular weight is 298 g/mol. The van der Waals surface area contributed by atoms with Crippen LogP contribution in [0.1, 0.15) is 44.6 Å². The van der Waals surface area contributed by atoms with E-state index in [2.05, 4.69) is 5.32 Å². The number of hydrogen-bond donors (Lipinski definition) is 2. The van der Waals surface area contributed by atoms with Gasteiger partial charge in [0.2, 0.25) is 5.91 Å². The summed E-state index contributed by atoms with van der Waals surface area (Å²) in [7, 11) is 0. The zero-order chi connectivity index (χ0) is 15.1. The summed E-state index contributed by atoms with van der Waals surface area (Å²) in [6, 6.07) is 6.19. The van der Waals surface area contributed by atoms with E-state index >= 15 is 0 Å². The van der Waals surface area contributed by atoms with E-state index in [-0.39, 0.29) is 5.91 Å². The fraction of sp³-hybridized carbons (Fsp3) is 0.467. The maximum atomic E-state index is 12.1. The van der Waals surface area contributed by atoms with Gasteiger partial charge in [0.1, 0.15) is 6.04 Å². The Morgan fingerprint density at radius 3 is 2.65 bits per heavy atom. The summed E-state index contributed by atoms with van der Waals surface area (Å²) in [6.45, 7) is 3.72. The fourth-order valence-corrected chi connectivity index (χ4v) is 2.09. The van der Waals surface area contributed by atoms with Crippen molar-refractivity contribution in [2.45, 2.75) is 45.1 Å². The minimum absolute atomic E-state index is 0.296. The molecular weight excluding hydrogens is 278 g/mol. The Bertz CT molecular complexity index is 476. The highest BCUT2D eigenvalue weighted by atomic mass is 35.5. The van der Waals surface area contributed by atoms with E-state index in [0.29, 0.717) is 11.4 Å². The molecule has 2 atom stereocenters. The third-order valence-corrected chi connectivity index (χ3v) is 3.44. The molecule has 2 unspecified atom stereocenters. The molecule has 110 valence electrons. The van der Waals surface area contributed by atoms with Crippen LogP contribution in [0.3, 0.4) is 0 Å². The Kier molecular flexibility index (Phi) is 6.52. The molecule has 0 saturated heterocycles. The van der Waals surface area contributed by atoms with Crippen LogP contribution in [0.15, 0.2) is 24.3 Å².